The van der Waals surface area contributed by atoms with Gasteiger partial charge < -0.3 is 10.0 Å². The third-order valence-corrected chi connectivity index (χ3v) is 3.89. The van der Waals surface area contributed by atoms with Crippen LogP contribution in [0.25, 0.3) is 0 Å². The van der Waals surface area contributed by atoms with Crippen molar-refractivity contribution in [2.45, 2.75) is 19.0 Å². The first-order valence-corrected chi connectivity index (χ1v) is 6.80. The molecule has 106 valence electrons. The smallest absolute Gasteiger partial charge is 0.326 e. The Morgan fingerprint density at radius 1 is 1.10 bits per heavy atom. The summed E-state index contributed by atoms with van der Waals surface area (Å²) in [6.45, 7) is 1.54. The fourth-order valence-electron chi connectivity index (χ4n) is 2.83. The first kappa shape index (κ1) is 13.4. The molecule has 21 heavy (non-hydrogen) atoms. The minimum absolute atomic E-state index is 0.227. The predicted octanol–water partition coefficient (Wildman–Crippen LogP) is 2.70. The van der Waals surface area contributed by atoms with Gasteiger partial charge in [0.25, 0.3) is 5.91 Å². The number of hydrogen-bond acceptors (Lipinski definition) is 2. The summed E-state index contributed by atoms with van der Waals surface area (Å²) in [6, 6.07) is 15.6. The van der Waals surface area contributed by atoms with Crippen molar-refractivity contribution in [3.8, 4) is 0 Å². The van der Waals surface area contributed by atoms with Gasteiger partial charge in [0.2, 0.25) is 0 Å². The summed E-state index contributed by atoms with van der Waals surface area (Å²) in [6.07, 6.45) is 0. The van der Waals surface area contributed by atoms with Crippen molar-refractivity contribution in [2.24, 2.45) is 0 Å². The van der Waals surface area contributed by atoms with Crippen LogP contribution in [0.5, 0.6) is 0 Å². The second kappa shape index (κ2) is 5.05. The standard InChI is InChI=1S/C17H15NO3/c1-11(17(20)21)18-15(12-7-3-2-4-8-12)13-9-5-6-10-14(13)16(18)19/h2-11,15H,1H3,(H,20,21). The first-order chi connectivity index (χ1) is 10.1. The highest BCUT2D eigenvalue weighted by atomic mass is 16.4. The highest BCUT2D eigenvalue weighted by molar-refractivity contribution is 6.01. The molecule has 1 aliphatic heterocycles. The van der Waals surface area contributed by atoms with Crippen molar-refractivity contribution < 1.29 is 14.7 Å². The maximum absolute atomic E-state index is 12.6. The molecule has 0 saturated heterocycles. The molecule has 4 heteroatoms. The Hall–Kier alpha value is -2.62. The van der Waals surface area contributed by atoms with Gasteiger partial charge in [0.05, 0.1) is 6.04 Å². The molecular weight excluding hydrogens is 266 g/mol. The quantitative estimate of drug-likeness (QED) is 0.941. The van der Waals surface area contributed by atoms with Gasteiger partial charge in [0, 0.05) is 5.56 Å². The molecule has 1 aliphatic rings. The van der Waals surface area contributed by atoms with Gasteiger partial charge in [0.1, 0.15) is 6.04 Å². The number of amides is 1. The Balaban J connectivity index is 2.16. The number of carbonyl (C=O) groups is 2. The SMILES string of the molecule is CC(C(=O)O)N1C(=O)c2ccccc2C1c1ccccc1. The fraction of sp³-hybridized carbons (Fsp3) is 0.176. The van der Waals surface area contributed by atoms with Gasteiger partial charge in [-0.15, -0.1) is 0 Å². The third kappa shape index (κ3) is 2.09. The lowest BCUT2D eigenvalue weighted by Crippen LogP contribution is -2.41. The number of hydrogen-bond donors (Lipinski definition) is 1. The van der Waals surface area contributed by atoms with Crippen molar-refractivity contribution in [1.29, 1.82) is 0 Å². The van der Waals surface area contributed by atoms with Crippen molar-refractivity contribution in [3.05, 3.63) is 71.3 Å². The van der Waals surface area contributed by atoms with E-state index in [-0.39, 0.29) is 11.9 Å². The van der Waals surface area contributed by atoms with Crippen LogP contribution in [-0.2, 0) is 4.79 Å². The number of aliphatic carboxylic acids is 1. The van der Waals surface area contributed by atoms with Crippen LogP contribution in [0.2, 0.25) is 0 Å². The van der Waals surface area contributed by atoms with E-state index in [1.165, 1.54) is 4.90 Å². The number of rotatable bonds is 3. The van der Waals surface area contributed by atoms with Crippen LogP contribution >= 0.6 is 0 Å². The van der Waals surface area contributed by atoms with Crippen LogP contribution in [0.4, 0.5) is 0 Å². The highest BCUT2D eigenvalue weighted by Gasteiger charge is 2.41. The molecule has 0 aromatic heterocycles. The Morgan fingerprint density at radius 3 is 2.38 bits per heavy atom. The van der Waals surface area contributed by atoms with Crippen molar-refractivity contribution >= 4 is 11.9 Å². The van der Waals surface area contributed by atoms with E-state index in [1.54, 1.807) is 19.1 Å². The summed E-state index contributed by atoms with van der Waals surface area (Å²) in [7, 11) is 0. The molecule has 4 nitrogen and oxygen atoms in total. The van der Waals surface area contributed by atoms with E-state index >= 15 is 0 Å². The lowest BCUT2D eigenvalue weighted by Gasteiger charge is -2.29. The maximum Gasteiger partial charge on any atom is 0.326 e. The van der Waals surface area contributed by atoms with E-state index in [1.807, 2.05) is 42.5 Å². The Labute approximate surface area is 122 Å². The van der Waals surface area contributed by atoms with Crippen LogP contribution in [0.15, 0.2) is 54.6 Å². The molecule has 2 atom stereocenters. The van der Waals surface area contributed by atoms with Gasteiger partial charge >= 0.3 is 5.97 Å². The number of carboxylic acids is 1. The third-order valence-electron chi connectivity index (χ3n) is 3.89. The minimum atomic E-state index is -1.00. The van der Waals surface area contributed by atoms with Crippen LogP contribution < -0.4 is 0 Å². The number of carboxylic acid groups (broad SMARTS) is 1. The minimum Gasteiger partial charge on any atom is -0.480 e. The molecular formula is C17H15NO3. The van der Waals surface area contributed by atoms with Crippen LogP contribution in [0.1, 0.15) is 34.5 Å². The zero-order chi connectivity index (χ0) is 15.0. The number of fused-ring (bicyclic) bond motifs is 1. The Kier molecular flexibility index (Phi) is 3.22. The van der Waals surface area contributed by atoms with Gasteiger partial charge in [-0.05, 0) is 24.1 Å². The topological polar surface area (TPSA) is 57.6 Å². The summed E-state index contributed by atoms with van der Waals surface area (Å²) in [5.74, 6) is -1.23. The van der Waals surface area contributed by atoms with E-state index in [2.05, 4.69) is 0 Å². The second-order valence-electron chi connectivity index (χ2n) is 5.13. The molecule has 3 rings (SSSR count). The summed E-state index contributed by atoms with van der Waals surface area (Å²) in [5, 5.41) is 9.31. The van der Waals surface area contributed by atoms with Crippen LogP contribution in [-0.4, -0.2) is 27.9 Å². The average molecular weight is 281 g/mol. The fourth-order valence-corrected chi connectivity index (χ4v) is 2.83. The molecule has 0 fully saturated rings. The van der Waals surface area contributed by atoms with E-state index in [9.17, 15) is 14.7 Å². The number of benzene rings is 2. The summed E-state index contributed by atoms with van der Waals surface area (Å²) < 4.78 is 0. The molecule has 0 saturated carbocycles. The van der Waals surface area contributed by atoms with E-state index in [4.69, 9.17) is 0 Å². The van der Waals surface area contributed by atoms with E-state index in [0.29, 0.717) is 5.56 Å². The Morgan fingerprint density at radius 2 is 1.71 bits per heavy atom. The predicted molar refractivity (Wildman–Crippen MR) is 78.0 cm³/mol. The Bertz CT molecular complexity index is 696. The molecule has 2 aromatic rings. The molecule has 1 N–H and O–H groups in total. The van der Waals surface area contributed by atoms with Gasteiger partial charge in [-0.1, -0.05) is 48.5 Å². The van der Waals surface area contributed by atoms with E-state index in [0.717, 1.165) is 11.1 Å². The van der Waals surface area contributed by atoms with Crippen molar-refractivity contribution in [2.75, 3.05) is 0 Å². The second-order valence-corrected chi connectivity index (χ2v) is 5.13. The van der Waals surface area contributed by atoms with E-state index < -0.39 is 12.0 Å². The highest BCUT2D eigenvalue weighted by Crippen LogP contribution is 2.39. The largest absolute Gasteiger partial charge is 0.480 e. The summed E-state index contributed by atoms with van der Waals surface area (Å²) in [4.78, 5) is 25.4. The van der Waals surface area contributed by atoms with Gasteiger partial charge in [-0.3, -0.25) is 4.79 Å². The summed E-state index contributed by atoms with van der Waals surface area (Å²) in [5.41, 5.74) is 2.37. The van der Waals surface area contributed by atoms with Crippen LogP contribution in [0.3, 0.4) is 0 Å². The zero-order valence-electron chi connectivity index (χ0n) is 11.6. The number of nitrogens with zero attached hydrogens (tertiary/aromatic N) is 1. The van der Waals surface area contributed by atoms with Crippen molar-refractivity contribution in [3.63, 3.8) is 0 Å². The van der Waals surface area contributed by atoms with Crippen LogP contribution in [0, 0.1) is 0 Å². The number of carbonyl (C=O) groups excluding carboxylic acids is 1. The molecule has 0 radical (unpaired) electrons. The molecule has 0 spiro atoms. The first-order valence-electron chi connectivity index (χ1n) is 6.80. The average Bonchev–Trinajstić information content (AvgIpc) is 2.81. The molecule has 2 unspecified atom stereocenters. The normalized spacial score (nSPS) is 18.4. The maximum atomic E-state index is 12.6. The van der Waals surface area contributed by atoms with Gasteiger partial charge in [-0.25, -0.2) is 4.79 Å². The van der Waals surface area contributed by atoms with Crippen molar-refractivity contribution in [1.82, 2.24) is 4.90 Å². The molecule has 1 heterocycles. The lowest BCUT2D eigenvalue weighted by molar-refractivity contribution is -0.142. The lowest BCUT2D eigenvalue weighted by atomic mass is 9.97. The summed E-state index contributed by atoms with van der Waals surface area (Å²) >= 11 is 0. The van der Waals surface area contributed by atoms with Gasteiger partial charge in [0.15, 0.2) is 0 Å². The molecule has 1 amide bonds. The van der Waals surface area contributed by atoms with Gasteiger partial charge in [-0.2, -0.15) is 0 Å². The molecule has 0 aliphatic carbocycles. The molecule has 0 bridgehead atoms. The zero-order valence-corrected chi connectivity index (χ0v) is 11.6. The monoisotopic (exact) mass is 281 g/mol. The molecule has 2 aromatic carbocycles.